The predicted molar refractivity (Wildman–Crippen MR) is 90.8 cm³/mol. The average molecular weight is 325 g/mol. The third-order valence-corrected chi connectivity index (χ3v) is 5.52. The van der Waals surface area contributed by atoms with Gasteiger partial charge in [0.15, 0.2) is 11.5 Å². The van der Waals surface area contributed by atoms with Gasteiger partial charge in [-0.1, -0.05) is 18.2 Å². The molecule has 0 saturated heterocycles. The van der Waals surface area contributed by atoms with Crippen molar-refractivity contribution in [1.82, 2.24) is 0 Å². The first-order chi connectivity index (χ1) is 11.3. The minimum absolute atomic E-state index is 0.318. The van der Waals surface area contributed by atoms with Crippen LogP contribution in [0.2, 0.25) is 0 Å². The van der Waals surface area contributed by atoms with Crippen molar-refractivity contribution in [2.45, 2.75) is 5.41 Å². The number of para-hydroxylation sites is 1. The maximum absolute atomic E-state index is 6.06. The molecule has 5 rings (SSSR count). The average Bonchev–Trinajstić information content (AvgIpc) is 3.13. The van der Waals surface area contributed by atoms with Crippen molar-refractivity contribution in [1.29, 1.82) is 0 Å². The highest BCUT2D eigenvalue weighted by Gasteiger charge is 2.51. The van der Waals surface area contributed by atoms with Crippen LogP contribution in [0.25, 0.3) is 0 Å². The fourth-order valence-corrected chi connectivity index (χ4v) is 4.48. The first-order valence-electron chi connectivity index (χ1n) is 7.62. The zero-order valence-electron chi connectivity index (χ0n) is 12.7. The summed E-state index contributed by atoms with van der Waals surface area (Å²) >= 11 is 1.68. The Morgan fingerprint density at radius 1 is 0.957 bits per heavy atom. The Hall–Kier alpha value is -2.14. The van der Waals surface area contributed by atoms with E-state index in [2.05, 4.69) is 30.5 Å². The van der Waals surface area contributed by atoms with Gasteiger partial charge in [-0.05, 0) is 24.0 Å². The van der Waals surface area contributed by atoms with Crippen molar-refractivity contribution in [2.24, 2.45) is 4.99 Å². The maximum Gasteiger partial charge on any atom is 0.165 e. The van der Waals surface area contributed by atoms with Crippen molar-refractivity contribution in [3.63, 3.8) is 0 Å². The lowest BCUT2D eigenvalue weighted by molar-refractivity contribution is 0.171. The highest BCUT2D eigenvalue weighted by atomic mass is 32.2. The zero-order chi connectivity index (χ0) is 15.4. The predicted octanol–water partition coefficient (Wildman–Crippen LogP) is 3.54. The van der Waals surface area contributed by atoms with E-state index >= 15 is 0 Å². The van der Waals surface area contributed by atoms with Crippen LogP contribution in [0.5, 0.6) is 17.2 Å². The van der Waals surface area contributed by atoms with Crippen molar-refractivity contribution in [2.75, 3.05) is 26.1 Å². The van der Waals surface area contributed by atoms with Gasteiger partial charge < -0.3 is 14.2 Å². The molecule has 0 N–H and O–H groups in total. The molecule has 0 aromatic heterocycles. The molecule has 1 spiro atoms. The van der Waals surface area contributed by atoms with Crippen LogP contribution in [0, 0.1) is 0 Å². The third kappa shape index (κ3) is 1.66. The highest BCUT2D eigenvalue weighted by Crippen LogP contribution is 2.55. The summed E-state index contributed by atoms with van der Waals surface area (Å²) in [5, 5.41) is 1.08. The fourth-order valence-electron chi connectivity index (χ4n) is 3.66. The van der Waals surface area contributed by atoms with E-state index in [0.717, 1.165) is 33.5 Å². The van der Waals surface area contributed by atoms with Gasteiger partial charge in [-0.3, -0.25) is 0 Å². The molecule has 23 heavy (non-hydrogen) atoms. The summed E-state index contributed by atoms with van der Waals surface area (Å²) in [6.45, 7) is 1.74. The van der Waals surface area contributed by atoms with Gasteiger partial charge in [0.25, 0.3) is 0 Å². The van der Waals surface area contributed by atoms with E-state index in [1.165, 1.54) is 5.56 Å². The van der Waals surface area contributed by atoms with Gasteiger partial charge >= 0.3 is 0 Å². The second-order valence-electron chi connectivity index (χ2n) is 5.82. The summed E-state index contributed by atoms with van der Waals surface area (Å²) in [6, 6.07) is 12.3. The molecule has 2 aromatic rings. The Bertz CT molecular complexity index is 848. The van der Waals surface area contributed by atoms with E-state index in [1.807, 2.05) is 12.1 Å². The number of aliphatic imine (C=N–C) groups is 1. The van der Waals surface area contributed by atoms with Crippen LogP contribution in [0.3, 0.4) is 0 Å². The standard InChI is InChI=1S/C18H15NO3S/c1-23-17-18(11-4-2-3-5-13(11)19-17)10-22-14-9-16-15(8-12(14)18)20-6-7-21-16/h2-5,8-9H,6-7,10H2,1H3. The van der Waals surface area contributed by atoms with Crippen LogP contribution in [0.1, 0.15) is 11.1 Å². The Morgan fingerprint density at radius 2 is 1.74 bits per heavy atom. The fraction of sp³-hybridized carbons (Fsp3) is 0.278. The molecule has 116 valence electrons. The summed E-state index contributed by atoms with van der Waals surface area (Å²) in [5.41, 5.74) is 3.05. The lowest BCUT2D eigenvalue weighted by Gasteiger charge is -2.26. The van der Waals surface area contributed by atoms with Crippen molar-refractivity contribution in [3.05, 3.63) is 47.5 Å². The van der Waals surface area contributed by atoms with Crippen LogP contribution in [-0.4, -0.2) is 31.1 Å². The molecule has 3 heterocycles. The molecule has 0 aliphatic carbocycles. The van der Waals surface area contributed by atoms with E-state index in [-0.39, 0.29) is 5.41 Å². The van der Waals surface area contributed by atoms with Gasteiger partial charge in [0.05, 0.1) is 10.7 Å². The van der Waals surface area contributed by atoms with E-state index in [1.54, 1.807) is 11.8 Å². The molecule has 0 fully saturated rings. The van der Waals surface area contributed by atoms with Gasteiger partial charge in [-0.25, -0.2) is 4.99 Å². The van der Waals surface area contributed by atoms with E-state index in [0.29, 0.717) is 19.8 Å². The first kappa shape index (κ1) is 13.3. The minimum Gasteiger partial charge on any atom is -0.491 e. The Balaban J connectivity index is 1.76. The highest BCUT2D eigenvalue weighted by molar-refractivity contribution is 8.13. The molecule has 3 aliphatic rings. The van der Waals surface area contributed by atoms with E-state index < -0.39 is 0 Å². The number of benzene rings is 2. The van der Waals surface area contributed by atoms with Gasteiger partial charge in [0, 0.05) is 11.6 Å². The van der Waals surface area contributed by atoms with Crippen LogP contribution >= 0.6 is 11.8 Å². The second-order valence-corrected chi connectivity index (χ2v) is 6.62. The summed E-state index contributed by atoms with van der Waals surface area (Å²) in [7, 11) is 0. The number of thioether (sulfide) groups is 1. The van der Waals surface area contributed by atoms with Crippen LogP contribution < -0.4 is 14.2 Å². The third-order valence-electron chi connectivity index (χ3n) is 4.69. The molecule has 0 amide bonds. The van der Waals surface area contributed by atoms with Crippen LogP contribution in [0.4, 0.5) is 5.69 Å². The Labute approximate surface area is 138 Å². The molecule has 5 heteroatoms. The molecule has 1 atom stereocenters. The minimum atomic E-state index is -0.318. The molecular weight excluding hydrogens is 310 g/mol. The quantitative estimate of drug-likeness (QED) is 0.743. The number of hydrogen-bond donors (Lipinski definition) is 0. The van der Waals surface area contributed by atoms with Gasteiger partial charge in [-0.2, -0.15) is 0 Å². The van der Waals surface area contributed by atoms with Gasteiger partial charge in [0.1, 0.15) is 31.0 Å². The molecule has 2 aromatic carbocycles. The van der Waals surface area contributed by atoms with Crippen LogP contribution in [0.15, 0.2) is 41.4 Å². The first-order valence-corrected chi connectivity index (χ1v) is 8.85. The topological polar surface area (TPSA) is 40.0 Å². The summed E-state index contributed by atoms with van der Waals surface area (Å²) in [5.74, 6) is 2.43. The summed E-state index contributed by atoms with van der Waals surface area (Å²) in [4.78, 5) is 4.84. The van der Waals surface area contributed by atoms with Gasteiger partial charge in [-0.15, -0.1) is 11.8 Å². The number of nitrogens with zero attached hydrogens (tertiary/aromatic N) is 1. The van der Waals surface area contributed by atoms with Crippen molar-refractivity contribution >= 4 is 22.5 Å². The Morgan fingerprint density at radius 3 is 2.57 bits per heavy atom. The SMILES string of the molecule is CSC1=Nc2ccccc2C12COc1cc3c(cc12)OCCO3. The molecule has 0 bridgehead atoms. The molecule has 0 radical (unpaired) electrons. The largest absolute Gasteiger partial charge is 0.491 e. The number of ether oxygens (including phenoxy) is 3. The number of rotatable bonds is 0. The van der Waals surface area contributed by atoms with E-state index in [4.69, 9.17) is 19.2 Å². The Kier molecular flexibility index (Phi) is 2.71. The maximum atomic E-state index is 6.06. The van der Waals surface area contributed by atoms with E-state index in [9.17, 15) is 0 Å². The van der Waals surface area contributed by atoms with Crippen molar-refractivity contribution in [3.8, 4) is 17.2 Å². The lowest BCUT2D eigenvalue weighted by Crippen LogP contribution is -2.34. The second kappa shape index (κ2) is 4.68. The van der Waals surface area contributed by atoms with Crippen LogP contribution in [-0.2, 0) is 5.41 Å². The lowest BCUT2D eigenvalue weighted by atomic mass is 9.77. The normalized spacial score (nSPS) is 23.3. The zero-order valence-corrected chi connectivity index (χ0v) is 13.5. The number of fused-ring (bicyclic) bond motifs is 5. The number of hydrogen-bond acceptors (Lipinski definition) is 5. The molecule has 1 unspecified atom stereocenters. The van der Waals surface area contributed by atoms with Gasteiger partial charge in [0.2, 0.25) is 0 Å². The summed E-state index contributed by atoms with van der Waals surface area (Å²) in [6.07, 6.45) is 2.07. The smallest absolute Gasteiger partial charge is 0.165 e. The molecule has 4 nitrogen and oxygen atoms in total. The van der Waals surface area contributed by atoms with Crippen molar-refractivity contribution < 1.29 is 14.2 Å². The molecule has 0 saturated carbocycles. The molecular formula is C18H15NO3S. The summed E-state index contributed by atoms with van der Waals surface area (Å²) < 4.78 is 17.5. The monoisotopic (exact) mass is 325 g/mol. The molecule has 3 aliphatic heterocycles.